The van der Waals surface area contributed by atoms with Crippen molar-refractivity contribution in [3.8, 4) is 34.8 Å². The van der Waals surface area contributed by atoms with E-state index in [9.17, 15) is 4.39 Å². The third-order valence-corrected chi connectivity index (χ3v) is 4.71. The minimum absolute atomic E-state index is 0.296. The first-order valence-electron chi connectivity index (χ1n) is 10.2. The molecule has 0 saturated carbocycles. The molecule has 0 aromatic heterocycles. The number of hydrogen-bond donors (Lipinski definition) is 0. The molecule has 0 radical (unpaired) electrons. The number of aryl methyl sites for hydroxylation is 1. The molecule has 0 aliphatic carbocycles. The Balaban J connectivity index is 1.74. The highest BCUT2D eigenvalue weighted by atomic mass is 19.1. The molecule has 0 nitrogen and oxygen atoms in total. The van der Waals surface area contributed by atoms with E-state index >= 15 is 0 Å². The predicted molar refractivity (Wildman–Crippen MR) is 120 cm³/mol. The Hall–Kier alpha value is -3.29. The molecule has 0 bridgehead atoms. The molecule has 0 unspecified atom stereocenters. The lowest BCUT2D eigenvalue weighted by atomic mass is 10.0. The van der Waals surface area contributed by atoms with Crippen molar-refractivity contribution in [2.75, 3.05) is 0 Å². The van der Waals surface area contributed by atoms with Crippen LogP contribution in [0, 0.1) is 29.5 Å². The normalized spacial score (nSPS) is 9.90. The summed E-state index contributed by atoms with van der Waals surface area (Å²) >= 11 is 0. The number of rotatable bonds is 4. The van der Waals surface area contributed by atoms with Gasteiger partial charge in [0, 0.05) is 17.5 Å². The highest BCUT2D eigenvalue weighted by Gasteiger charge is 2.04. The molecular formula is C28H25F. The third kappa shape index (κ3) is 5.84. The molecule has 3 aromatic rings. The van der Waals surface area contributed by atoms with E-state index in [2.05, 4.69) is 54.9 Å². The van der Waals surface area contributed by atoms with Gasteiger partial charge in [-0.2, -0.15) is 0 Å². The Labute approximate surface area is 173 Å². The van der Waals surface area contributed by atoms with Gasteiger partial charge in [0.2, 0.25) is 0 Å². The fourth-order valence-corrected chi connectivity index (χ4v) is 3.01. The van der Waals surface area contributed by atoms with Crippen LogP contribution in [0.25, 0.3) is 11.1 Å². The standard InChI is InChI=1S/C28H25F/c1-3-5-7-22-9-11-24(12-10-22)15-18-26-19-20-27(21-28(26)29)25-16-13-23(14-17-25)8-6-4-2/h9-14,16-17,19-21H,3-4,6,8H2,1-2H3. The van der Waals surface area contributed by atoms with Crippen LogP contribution in [-0.4, -0.2) is 0 Å². The largest absolute Gasteiger partial charge is 0.206 e. The van der Waals surface area contributed by atoms with Crippen molar-refractivity contribution >= 4 is 0 Å². The van der Waals surface area contributed by atoms with Crippen molar-refractivity contribution in [3.05, 3.63) is 94.8 Å². The Kier molecular flexibility index (Phi) is 7.27. The van der Waals surface area contributed by atoms with E-state index in [0.29, 0.717) is 5.56 Å². The van der Waals surface area contributed by atoms with Crippen LogP contribution in [-0.2, 0) is 6.42 Å². The molecular weight excluding hydrogens is 355 g/mol. The average molecular weight is 381 g/mol. The van der Waals surface area contributed by atoms with Gasteiger partial charge in [0.05, 0.1) is 5.56 Å². The third-order valence-electron chi connectivity index (χ3n) is 4.71. The topological polar surface area (TPSA) is 0 Å². The summed E-state index contributed by atoms with van der Waals surface area (Å²) in [4.78, 5) is 0. The molecule has 0 heterocycles. The van der Waals surface area contributed by atoms with Gasteiger partial charge in [0.1, 0.15) is 5.82 Å². The molecule has 0 aliphatic heterocycles. The lowest BCUT2D eigenvalue weighted by Gasteiger charge is -2.05. The zero-order chi connectivity index (χ0) is 20.5. The minimum Gasteiger partial charge on any atom is -0.206 e. The van der Waals surface area contributed by atoms with Gasteiger partial charge in [0.25, 0.3) is 0 Å². The summed E-state index contributed by atoms with van der Waals surface area (Å²) < 4.78 is 14.6. The van der Waals surface area contributed by atoms with Crippen LogP contribution in [0.4, 0.5) is 4.39 Å². The summed E-state index contributed by atoms with van der Waals surface area (Å²) in [5.74, 6) is 11.8. The summed E-state index contributed by atoms with van der Waals surface area (Å²) in [6.45, 7) is 4.22. The van der Waals surface area contributed by atoms with E-state index in [-0.39, 0.29) is 5.82 Å². The smallest absolute Gasteiger partial charge is 0.139 e. The molecule has 0 spiro atoms. The van der Waals surface area contributed by atoms with Gasteiger partial charge in [-0.05, 0) is 65.9 Å². The zero-order valence-corrected chi connectivity index (χ0v) is 17.1. The molecule has 3 aromatic carbocycles. The van der Waals surface area contributed by atoms with E-state index in [1.54, 1.807) is 12.1 Å². The first-order chi connectivity index (χ1) is 14.2. The molecule has 144 valence electrons. The Morgan fingerprint density at radius 1 is 0.724 bits per heavy atom. The van der Waals surface area contributed by atoms with E-state index in [4.69, 9.17) is 0 Å². The van der Waals surface area contributed by atoms with Crippen LogP contribution in [0.2, 0.25) is 0 Å². The van der Waals surface area contributed by atoms with Crippen molar-refractivity contribution in [2.45, 2.75) is 39.5 Å². The first kappa shape index (κ1) is 20.4. The fourth-order valence-electron chi connectivity index (χ4n) is 3.01. The summed E-state index contributed by atoms with van der Waals surface area (Å²) in [7, 11) is 0. The quantitative estimate of drug-likeness (QED) is 0.428. The van der Waals surface area contributed by atoms with Crippen molar-refractivity contribution in [1.29, 1.82) is 0 Å². The molecule has 0 saturated heterocycles. The van der Waals surface area contributed by atoms with Gasteiger partial charge >= 0.3 is 0 Å². The van der Waals surface area contributed by atoms with Gasteiger partial charge in [-0.15, -0.1) is 0 Å². The van der Waals surface area contributed by atoms with Crippen molar-refractivity contribution in [1.82, 2.24) is 0 Å². The van der Waals surface area contributed by atoms with E-state index in [1.165, 1.54) is 18.4 Å². The van der Waals surface area contributed by atoms with Gasteiger partial charge in [0.15, 0.2) is 0 Å². The maximum absolute atomic E-state index is 14.6. The molecule has 0 N–H and O–H groups in total. The molecule has 0 aliphatic rings. The number of unbranched alkanes of at least 4 members (excludes halogenated alkanes) is 1. The van der Waals surface area contributed by atoms with Crippen LogP contribution in [0.15, 0.2) is 66.7 Å². The van der Waals surface area contributed by atoms with Crippen LogP contribution < -0.4 is 0 Å². The monoisotopic (exact) mass is 380 g/mol. The van der Waals surface area contributed by atoms with Gasteiger partial charge < -0.3 is 0 Å². The van der Waals surface area contributed by atoms with Gasteiger partial charge in [-0.3, -0.25) is 0 Å². The second-order valence-electron chi connectivity index (χ2n) is 6.98. The number of hydrogen-bond acceptors (Lipinski definition) is 0. The summed E-state index contributed by atoms with van der Waals surface area (Å²) in [5.41, 5.74) is 5.43. The molecule has 29 heavy (non-hydrogen) atoms. The highest BCUT2D eigenvalue weighted by Crippen LogP contribution is 2.23. The van der Waals surface area contributed by atoms with E-state index < -0.39 is 0 Å². The summed E-state index contributed by atoms with van der Waals surface area (Å²) in [5, 5.41) is 0. The molecule has 0 amide bonds. The van der Waals surface area contributed by atoms with Crippen molar-refractivity contribution in [3.63, 3.8) is 0 Å². The van der Waals surface area contributed by atoms with Crippen LogP contribution in [0.3, 0.4) is 0 Å². The Morgan fingerprint density at radius 2 is 1.38 bits per heavy atom. The van der Waals surface area contributed by atoms with Crippen LogP contribution in [0.1, 0.15) is 55.4 Å². The summed E-state index contributed by atoms with van der Waals surface area (Å²) in [6, 6.07) is 21.3. The lowest BCUT2D eigenvalue weighted by Crippen LogP contribution is -1.88. The Morgan fingerprint density at radius 3 is 2.00 bits per heavy atom. The SMILES string of the molecule is CCC#Cc1ccc(C#Cc2ccc(-c3ccc(CCCC)cc3)cc2F)cc1. The second kappa shape index (κ2) is 10.3. The zero-order valence-electron chi connectivity index (χ0n) is 17.1. The number of halogens is 1. The lowest BCUT2D eigenvalue weighted by molar-refractivity contribution is 0.625. The molecule has 1 heteroatoms. The molecule has 3 rings (SSSR count). The van der Waals surface area contributed by atoms with Crippen molar-refractivity contribution < 1.29 is 4.39 Å². The molecule has 0 fully saturated rings. The van der Waals surface area contributed by atoms with E-state index in [1.807, 2.05) is 37.3 Å². The van der Waals surface area contributed by atoms with E-state index in [0.717, 1.165) is 35.1 Å². The predicted octanol–water partition coefficient (Wildman–Crippen LogP) is 7.00. The first-order valence-corrected chi connectivity index (χ1v) is 10.2. The average Bonchev–Trinajstić information content (AvgIpc) is 2.76. The van der Waals surface area contributed by atoms with Gasteiger partial charge in [-0.1, -0.05) is 74.3 Å². The highest BCUT2D eigenvalue weighted by molar-refractivity contribution is 5.65. The maximum Gasteiger partial charge on any atom is 0.139 e. The van der Waals surface area contributed by atoms with Crippen LogP contribution in [0.5, 0.6) is 0 Å². The van der Waals surface area contributed by atoms with Gasteiger partial charge in [-0.25, -0.2) is 4.39 Å². The maximum atomic E-state index is 14.6. The van der Waals surface area contributed by atoms with Crippen LogP contribution >= 0.6 is 0 Å². The van der Waals surface area contributed by atoms with Crippen molar-refractivity contribution in [2.24, 2.45) is 0 Å². The fraction of sp³-hybridized carbons (Fsp3) is 0.214. The molecule has 0 atom stereocenters. The Bertz CT molecular complexity index is 1070. The number of benzene rings is 3. The minimum atomic E-state index is -0.296. The summed E-state index contributed by atoms with van der Waals surface area (Å²) in [6.07, 6.45) is 4.30. The second-order valence-corrected chi connectivity index (χ2v) is 6.98.